The van der Waals surface area contributed by atoms with E-state index in [9.17, 15) is 78.4 Å². The van der Waals surface area contributed by atoms with Crippen LogP contribution in [0.5, 0.6) is 0 Å². The first kappa shape index (κ1) is 58.4. The van der Waals surface area contributed by atoms with Crippen LogP contribution in [0.2, 0.25) is 0 Å². The number of aliphatic imine (C=N–C) groups is 1. The maximum absolute atomic E-state index is 13.4. The second-order valence-corrected chi connectivity index (χ2v) is 17.0. The van der Waals surface area contributed by atoms with E-state index in [0.29, 0.717) is 24.9 Å². The van der Waals surface area contributed by atoms with Gasteiger partial charge in [-0.25, -0.2) is 0 Å². The molecule has 29 heteroatoms. The van der Waals surface area contributed by atoms with Gasteiger partial charge in [0, 0.05) is 70.9 Å². The lowest BCUT2D eigenvalue weighted by molar-refractivity contribution is -0.145. The fourth-order valence-corrected chi connectivity index (χ4v) is 7.91. The highest BCUT2D eigenvalue weighted by Gasteiger charge is 2.39. The van der Waals surface area contributed by atoms with Gasteiger partial charge in [0.05, 0.1) is 32.0 Å². The molecule has 2 aliphatic rings. The second kappa shape index (κ2) is 29.3. The minimum Gasteiger partial charge on any atom is -0.481 e. The van der Waals surface area contributed by atoms with E-state index in [1.54, 1.807) is 9.80 Å². The first-order chi connectivity index (χ1) is 33.5. The molecule has 0 unspecified atom stereocenters. The van der Waals surface area contributed by atoms with E-state index in [1.807, 2.05) is 0 Å². The van der Waals surface area contributed by atoms with Crippen molar-refractivity contribution in [3.63, 3.8) is 0 Å². The maximum atomic E-state index is 13.4. The number of amides is 6. The molecular formula is C42H65BN12O16. The summed E-state index contributed by atoms with van der Waals surface area (Å²) in [7, 11) is -1.72. The molecule has 5 atom stereocenters. The van der Waals surface area contributed by atoms with Gasteiger partial charge in [-0.2, -0.15) is 0 Å². The molecule has 15 N–H and O–H groups in total. The van der Waals surface area contributed by atoms with Crippen LogP contribution in [0.1, 0.15) is 67.8 Å². The first-order valence-corrected chi connectivity index (χ1v) is 22.9. The van der Waals surface area contributed by atoms with E-state index in [1.165, 1.54) is 41.0 Å². The highest BCUT2D eigenvalue weighted by atomic mass is 16.4. The average Bonchev–Trinajstić information content (AvgIpc) is 3.82. The van der Waals surface area contributed by atoms with Crippen molar-refractivity contribution in [2.24, 2.45) is 16.5 Å². The zero-order valence-electron chi connectivity index (χ0n) is 39.4. The van der Waals surface area contributed by atoms with Crippen LogP contribution in [0, 0.1) is 0 Å². The third kappa shape index (κ3) is 20.9. The normalized spacial score (nSPS) is 17.3. The molecule has 3 rings (SSSR count). The number of likely N-dealkylation sites (tertiary alicyclic amines) is 1. The van der Waals surface area contributed by atoms with Crippen molar-refractivity contribution >= 4 is 72.4 Å². The van der Waals surface area contributed by atoms with E-state index in [4.69, 9.17) is 11.5 Å². The Morgan fingerprint density at radius 3 is 1.86 bits per heavy atom. The number of guanidine groups is 1. The SMILES string of the molecule is C[C@@H](NC(=O)c1ccc(CNC(=O)[C@H](CC(=O)O)NC(=O)CNC(=O)[C@H](CCCN=C(N)N)NC(=O)CC[C@H](C(=O)O)N2CCN(CC(=O)O)CCN(CC(=O)O)CC2)cc1)C(=O)N1CCC[C@H]1B(O)O. The quantitative estimate of drug-likeness (QED) is 0.0169. The van der Waals surface area contributed by atoms with Crippen LogP contribution in [0.25, 0.3) is 0 Å². The molecule has 392 valence electrons. The number of nitrogens with zero attached hydrogens (tertiary/aromatic N) is 5. The minimum absolute atomic E-state index is 0.0439. The summed E-state index contributed by atoms with van der Waals surface area (Å²) in [5, 5.41) is 69.8. The van der Waals surface area contributed by atoms with E-state index in [2.05, 4.69) is 31.6 Å². The average molecular weight is 1000 g/mol. The van der Waals surface area contributed by atoms with E-state index in [0.717, 1.165) is 0 Å². The van der Waals surface area contributed by atoms with Crippen LogP contribution in [0.3, 0.4) is 0 Å². The predicted octanol–water partition coefficient (Wildman–Crippen LogP) is -5.64. The summed E-state index contributed by atoms with van der Waals surface area (Å²) < 4.78 is 0. The van der Waals surface area contributed by atoms with E-state index >= 15 is 0 Å². The molecule has 0 bridgehead atoms. The Labute approximate surface area is 408 Å². The van der Waals surface area contributed by atoms with Crippen LogP contribution in [-0.4, -0.2) is 225 Å². The molecule has 0 saturated carbocycles. The Hall–Kier alpha value is -6.95. The molecule has 28 nitrogen and oxygen atoms in total. The molecule has 71 heavy (non-hydrogen) atoms. The summed E-state index contributed by atoms with van der Waals surface area (Å²) in [4.78, 5) is 135. The number of hydrogen-bond acceptors (Lipinski definition) is 16. The van der Waals surface area contributed by atoms with Crippen molar-refractivity contribution in [3.8, 4) is 0 Å². The Kier molecular flexibility index (Phi) is 24.1. The standard InChI is InChI=1S/C42H65BN12O16/c1-25(40(67)55-13-3-5-31(55)43(70)71)49-37(64)27-8-6-26(7-9-27)21-47-39(66)29(20-34(58)59)51-33(57)22-48-38(65)28(4-2-12-46-42(44)45)50-32(56)11-10-30(41(68)69)54-18-16-52(23-35(60)61)14-15-53(17-19-54)24-36(62)63/h6-9,25,28-31,70-71H,2-5,10-24H2,1H3,(H,47,66)(H,48,65)(H,49,64)(H,50,56)(H,51,57)(H,58,59)(H,60,61)(H,62,63)(H,68,69)(H4,44,45,46)/t25-,28+,29+,30-,31+/m1/s1. The smallest absolute Gasteiger partial charge is 0.475 e. The highest BCUT2D eigenvalue weighted by molar-refractivity contribution is 6.43. The van der Waals surface area contributed by atoms with Gasteiger partial charge >= 0.3 is 31.0 Å². The van der Waals surface area contributed by atoms with Gasteiger partial charge in [-0.1, -0.05) is 12.1 Å². The van der Waals surface area contributed by atoms with Crippen molar-refractivity contribution < 1.29 is 78.4 Å². The number of carboxylic acids is 4. The number of nitrogens with two attached hydrogens (primary N) is 2. The van der Waals surface area contributed by atoms with Crippen molar-refractivity contribution in [1.82, 2.24) is 46.2 Å². The third-order valence-electron chi connectivity index (χ3n) is 11.6. The van der Waals surface area contributed by atoms with Gasteiger partial charge in [-0.3, -0.25) is 67.6 Å². The molecule has 6 amide bonds. The lowest BCUT2D eigenvalue weighted by Gasteiger charge is -2.30. The van der Waals surface area contributed by atoms with Crippen LogP contribution in [0.15, 0.2) is 29.3 Å². The topological polar surface area (TPSA) is 430 Å². The molecule has 1 aromatic rings. The number of rotatable bonds is 27. The molecule has 0 aromatic heterocycles. The Morgan fingerprint density at radius 1 is 0.732 bits per heavy atom. The molecule has 0 radical (unpaired) electrons. The van der Waals surface area contributed by atoms with Crippen molar-refractivity contribution in [3.05, 3.63) is 35.4 Å². The van der Waals surface area contributed by atoms with Crippen molar-refractivity contribution in [2.75, 3.05) is 72.0 Å². The highest BCUT2D eigenvalue weighted by Crippen LogP contribution is 2.19. The largest absolute Gasteiger partial charge is 0.481 e. The second-order valence-electron chi connectivity index (χ2n) is 17.0. The molecular weight excluding hydrogens is 939 g/mol. The first-order valence-electron chi connectivity index (χ1n) is 22.9. The van der Waals surface area contributed by atoms with E-state index < -0.39 is 116 Å². The minimum atomic E-state index is -1.72. The Balaban J connectivity index is 1.59. The van der Waals surface area contributed by atoms with Gasteiger partial charge in [0.15, 0.2) is 5.96 Å². The van der Waals surface area contributed by atoms with Crippen LogP contribution >= 0.6 is 0 Å². The maximum Gasteiger partial charge on any atom is 0.475 e. The van der Waals surface area contributed by atoms with Gasteiger partial charge in [0.1, 0.15) is 24.2 Å². The van der Waals surface area contributed by atoms with Crippen LogP contribution in [-0.2, 0) is 49.7 Å². The van der Waals surface area contributed by atoms with Crippen LogP contribution < -0.4 is 38.1 Å². The summed E-state index contributed by atoms with van der Waals surface area (Å²) in [5.41, 5.74) is 11.4. The Bertz CT molecular complexity index is 2050. The number of carbonyl (C=O) groups is 10. The molecule has 0 spiro atoms. The number of carboxylic acid groups (broad SMARTS) is 4. The zero-order valence-corrected chi connectivity index (χ0v) is 39.4. The third-order valence-corrected chi connectivity index (χ3v) is 11.6. The number of hydrogen-bond donors (Lipinski definition) is 13. The van der Waals surface area contributed by atoms with Crippen molar-refractivity contribution in [2.45, 2.75) is 88.5 Å². The lowest BCUT2D eigenvalue weighted by atomic mass is 9.78. The zero-order chi connectivity index (χ0) is 52.8. The number of benzene rings is 1. The summed E-state index contributed by atoms with van der Waals surface area (Å²) in [6.07, 6.45) is -0.440. The molecule has 1 aromatic carbocycles. The molecule has 2 aliphatic heterocycles. The molecule has 2 saturated heterocycles. The van der Waals surface area contributed by atoms with E-state index in [-0.39, 0.29) is 96.2 Å². The summed E-state index contributed by atoms with van der Waals surface area (Å²) in [6.45, 7) is 1.05. The number of carbonyl (C=O) groups excluding carboxylic acids is 6. The molecule has 2 fully saturated rings. The van der Waals surface area contributed by atoms with Crippen molar-refractivity contribution in [1.29, 1.82) is 0 Å². The number of nitrogens with one attached hydrogen (secondary N) is 5. The lowest BCUT2D eigenvalue weighted by Crippen LogP contribution is -2.52. The van der Waals surface area contributed by atoms with Gasteiger partial charge in [0.25, 0.3) is 5.91 Å². The Morgan fingerprint density at radius 2 is 1.31 bits per heavy atom. The molecule has 0 aliphatic carbocycles. The van der Waals surface area contributed by atoms with Gasteiger partial charge in [0.2, 0.25) is 29.5 Å². The predicted molar refractivity (Wildman–Crippen MR) is 250 cm³/mol. The fourth-order valence-electron chi connectivity index (χ4n) is 7.91. The van der Waals surface area contributed by atoms with Gasteiger partial charge < -0.3 is 73.4 Å². The summed E-state index contributed by atoms with van der Waals surface area (Å²) in [5.74, 6) is -10.6. The summed E-state index contributed by atoms with van der Waals surface area (Å²) in [6, 6.07) is 0.667. The van der Waals surface area contributed by atoms with Gasteiger partial charge in [-0.05, 0) is 56.7 Å². The number of aliphatic carboxylic acids is 4. The fraction of sp³-hybridized carbons (Fsp3) is 0.595. The van der Waals surface area contributed by atoms with Gasteiger partial charge in [-0.15, -0.1) is 0 Å². The monoisotopic (exact) mass is 1000 g/mol. The molecule has 2 heterocycles. The summed E-state index contributed by atoms with van der Waals surface area (Å²) >= 11 is 0. The van der Waals surface area contributed by atoms with Crippen LogP contribution in [0.4, 0.5) is 0 Å².